The van der Waals surface area contributed by atoms with E-state index < -0.39 is 19.7 Å². The first-order valence-corrected chi connectivity index (χ1v) is 13.9. The number of rotatable bonds is 7. The standard InChI is InChI=1S/C20H28N2O4S3/c1-4-13-28(23,24)20-22-19(29(25,26)16-11-9-14(2)10-12-16)18(27-20)21-17-8-6-5-7-15(17)3/h9-12,15,17,21H,4-8,13H2,1-3H3/t15-,17-/m1/s1. The number of aryl methyl sites for hydroxylation is 1. The molecular formula is C20H28N2O4S3. The molecule has 1 heterocycles. The number of thiazole rings is 1. The van der Waals surface area contributed by atoms with E-state index in [-0.39, 0.29) is 26.1 Å². The predicted octanol–water partition coefficient (Wildman–Crippen LogP) is 4.46. The minimum absolute atomic E-state index is 0.0518. The Hall–Kier alpha value is -1.45. The Morgan fingerprint density at radius 1 is 1.10 bits per heavy atom. The van der Waals surface area contributed by atoms with Crippen LogP contribution >= 0.6 is 11.3 Å². The Bertz CT molecular complexity index is 1060. The van der Waals surface area contributed by atoms with Gasteiger partial charge in [-0.15, -0.1) is 0 Å². The third kappa shape index (κ3) is 4.83. The molecule has 0 saturated heterocycles. The van der Waals surface area contributed by atoms with Crippen LogP contribution in [0.1, 0.15) is 51.5 Å². The molecule has 9 heteroatoms. The summed E-state index contributed by atoms with van der Waals surface area (Å²) in [6.07, 6.45) is 4.68. The molecule has 2 aromatic rings. The second kappa shape index (κ2) is 8.73. The van der Waals surface area contributed by atoms with Crippen molar-refractivity contribution in [3.05, 3.63) is 29.8 Å². The first-order chi connectivity index (χ1) is 13.6. The molecule has 0 spiro atoms. The normalized spacial score (nSPS) is 20.5. The third-order valence-electron chi connectivity index (χ3n) is 5.33. The smallest absolute Gasteiger partial charge is 0.226 e. The first-order valence-electron chi connectivity index (χ1n) is 9.97. The molecule has 1 fully saturated rings. The van der Waals surface area contributed by atoms with Crippen molar-refractivity contribution < 1.29 is 16.8 Å². The van der Waals surface area contributed by atoms with Crippen LogP contribution in [0.25, 0.3) is 0 Å². The van der Waals surface area contributed by atoms with Crippen LogP contribution in [0.3, 0.4) is 0 Å². The van der Waals surface area contributed by atoms with Crippen molar-refractivity contribution in [2.75, 3.05) is 11.1 Å². The topological polar surface area (TPSA) is 93.2 Å². The van der Waals surface area contributed by atoms with Gasteiger partial charge in [-0.25, -0.2) is 21.8 Å². The first kappa shape index (κ1) is 22.2. The van der Waals surface area contributed by atoms with Crippen molar-refractivity contribution in [1.82, 2.24) is 4.98 Å². The van der Waals surface area contributed by atoms with E-state index in [0.29, 0.717) is 17.3 Å². The molecule has 0 bridgehead atoms. The van der Waals surface area contributed by atoms with Crippen LogP contribution in [0, 0.1) is 12.8 Å². The minimum atomic E-state index is -3.94. The van der Waals surface area contributed by atoms with Crippen molar-refractivity contribution in [3.63, 3.8) is 0 Å². The molecule has 3 rings (SSSR count). The van der Waals surface area contributed by atoms with E-state index in [0.717, 1.165) is 42.6 Å². The van der Waals surface area contributed by atoms with Crippen molar-refractivity contribution >= 4 is 36.0 Å². The van der Waals surface area contributed by atoms with E-state index in [1.165, 1.54) is 12.1 Å². The molecule has 0 amide bonds. The van der Waals surface area contributed by atoms with E-state index in [9.17, 15) is 16.8 Å². The fourth-order valence-corrected chi connectivity index (χ4v) is 7.98. The molecule has 160 valence electrons. The average molecular weight is 457 g/mol. The summed E-state index contributed by atoms with van der Waals surface area (Å²) >= 11 is 0.937. The van der Waals surface area contributed by atoms with Gasteiger partial charge in [-0.1, -0.05) is 55.7 Å². The molecule has 2 atom stereocenters. The van der Waals surface area contributed by atoms with Gasteiger partial charge in [-0.05, 0) is 44.2 Å². The second-order valence-corrected chi connectivity index (χ2v) is 12.9. The molecule has 1 N–H and O–H groups in total. The molecule has 0 radical (unpaired) electrons. The molecule has 1 aromatic heterocycles. The Morgan fingerprint density at radius 3 is 2.38 bits per heavy atom. The lowest BCUT2D eigenvalue weighted by atomic mass is 9.86. The van der Waals surface area contributed by atoms with Crippen molar-refractivity contribution in [3.8, 4) is 0 Å². The van der Waals surface area contributed by atoms with Gasteiger partial charge in [-0.3, -0.25) is 0 Å². The van der Waals surface area contributed by atoms with Crippen LogP contribution in [0.2, 0.25) is 0 Å². The van der Waals surface area contributed by atoms with E-state index in [1.54, 1.807) is 19.1 Å². The fourth-order valence-electron chi connectivity index (χ4n) is 3.58. The number of nitrogens with one attached hydrogen (secondary N) is 1. The van der Waals surface area contributed by atoms with Gasteiger partial charge in [0.1, 0.15) is 5.00 Å². The van der Waals surface area contributed by atoms with E-state index in [2.05, 4.69) is 17.2 Å². The predicted molar refractivity (Wildman–Crippen MR) is 116 cm³/mol. The summed E-state index contributed by atoms with van der Waals surface area (Å²) in [6, 6.07) is 6.64. The number of anilines is 1. The summed E-state index contributed by atoms with van der Waals surface area (Å²) in [6.45, 7) is 5.80. The highest BCUT2D eigenvalue weighted by Crippen LogP contribution is 2.37. The van der Waals surface area contributed by atoms with Gasteiger partial charge in [0.2, 0.25) is 24.0 Å². The molecule has 0 aliphatic heterocycles. The summed E-state index contributed by atoms with van der Waals surface area (Å²) in [5.41, 5.74) is 0.947. The van der Waals surface area contributed by atoms with Crippen molar-refractivity contribution in [1.29, 1.82) is 0 Å². The monoisotopic (exact) mass is 456 g/mol. The Morgan fingerprint density at radius 2 is 1.76 bits per heavy atom. The zero-order chi connectivity index (χ0) is 21.2. The maximum Gasteiger partial charge on any atom is 0.226 e. The zero-order valence-corrected chi connectivity index (χ0v) is 19.5. The zero-order valence-electron chi connectivity index (χ0n) is 17.0. The van der Waals surface area contributed by atoms with E-state index in [4.69, 9.17) is 0 Å². The summed E-state index contributed by atoms with van der Waals surface area (Å²) in [4.78, 5) is 4.26. The SMILES string of the molecule is CCCS(=O)(=O)c1nc(S(=O)(=O)c2ccc(C)cc2)c(N[C@@H]2CCCC[C@H]2C)s1. The molecular weight excluding hydrogens is 428 g/mol. The summed E-state index contributed by atoms with van der Waals surface area (Å²) < 4.78 is 51.6. The van der Waals surface area contributed by atoms with Gasteiger partial charge in [-0.2, -0.15) is 0 Å². The van der Waals surface area contributed by atoms with Crippen molar-refractivity contribution in [2.45, 2.75) is 73.2 Å². The van der Waals surface area contributed by atoms with Crippen LogP contribution in [0.5, 0.6) is 0 Å². The van der Waals surface area contributed by atoms with Crippen LogP contribution in [-0.2, 0) is 19.7 Å². The number of sulfone groups is 2. The van der Waals surface area contributed by atoms with Crippen LogP contribution in [-0.4, -0.2) is 33.6 Å². The summed E-state index contributed by atoms with van der Waals surface area (Å²) in [7, 11) is -7.55. The molecule has 1 saturated carbocycles. The third-order valence-corrected chi connectivity index (χ3v) is 10.5. The summed E-state index contributed by atoms with van der Waals surface area (Å²) in [5, 5.41) is 3.48. The van der Waals surface area contributed by atoms with Gasteiger partial charge in [0, 0.05) is 6.04 Å². The maximum atomic E-state index is 13.3. The average Bonchev–Trinajstić information content (AvgIpc) is 3.10. The molecule has 6 nitrogen and oxygen atoms in total. The van der Waals surface area contributed by atoms with Crippen LogP contribution in [0.4, 0.5) is 5.00 Å². The molecule has 1 aromatic carbocycles. The highest BCUT2D eigenvalue weighted by atomic mass is 32.2. The number of hydrogen-bond acceptors (Lipinski definition) is 7. The lowest BCUT2D eigenvalue weighted by molar-refractivity contribution is 0.349. The number of aromatic nitrogens is 1. The highest BCUT2D eigenvalue weighted by Gasteiger charge is 2.32. The largest absolute Gasteiger partial charge is 0.371 e. The van der Waals surface area contributed by atoms with E-state index in [1.807, 2.05) is 6.92 Å². The number of hydrogen-bond donors (Lipinski definition) is 1. The second-order valence-electron chi connectivity index (χ2n) is 7.76. The molecule has 0 unspecified atom stereocenters. The lowest BCUT2D eigenvalue weighted by Crippen LogP contribution is -2.30. The molecule has 1 aliphatic carbocycles. The lowest BCUT2D eigenvalue weighted by Gasteiger charge is -2.29. The van der Waals surface area contributed by atoms with Gasteiger partial charge >= 0.3 is 0 Å². The highest BCUT2D eigenvalue weighted by molar-refractivity contribution is 7.94. The number of benzene rings is 1. The molecule has 29 heavy (non-hydrogen) atoms. The Balaban J connectivity index is 2.08. The minimum Gasteiger partial charge on any atom is -0.371 e. The Kier molecular flexibility index (Phi) is 6.70. The van der Waals surface area contributed by atoms with Crippen LogP contribution < -0.4 is 5.32 Å². The maximum absolute atomic E-state index is 13.3. The quantitative estimate of drug-likeness (QED) is 0.661. The Labute approximate surface area is 177 Å². The van der Waals surface area contributed by atoms with Gasteiger partial charge in [0.25, 0.3) is 0 Å². The summed E-state index contributed by atoms with van der Waals surface area (Å²) in [5.74, 6) is 0.334. The fraction of sp³-hybridized carbons (Fsp3) is 0.550. The van der Waals surface area contributed by atoms with Gasteiger partial charge in [0.05, 0.1) is 10.6 Å². The number of nitrogens with zero attached hydrogens (tertiary/aromatic N) is 1. The van der Waals surface area contributed by atoms with Gasteiger partial charge < -0.3 is 5.32 Å². The van der Waals surface area contributed by atoms with Gasteiger partial charge in [0.15, 0.2) is 5.03 Å². The van der Waals surface area contributed by atoms with Crippen LogP contribution in [0.15, 0.2) is 38.5 Å². The van der Waals surface area contributed by atoms with Crippen molar-refractivity contribution in [2.24, 2.45) is 5.92 Å². The molecule has 1 aliphatic rings. The van der Waals surface area contributed by atoms with E-state index >= 15 is 0 Å².